The van der Waals surface area contributed by atoms with Gasteiger partial charge in [0, 0.05) is 24.0 Å². The zero-order valence-electron chi connectivity index (χ0n) is 15.0. The Kier molecular flexibility index (Phi) is 6.53. The van der Waals surface area contributed by atoms with Crippen LogP contribution >= 0.6 is 15.9 Å². The molecule has 142 valence electrons. The predicted octanol–water partition coefficient (Wildman–Crippen LogP) is 3.43. The number of halogens is 1. The molecule has 0 radical (unpaired) electrons. The number of anilines is 2. The first-order chi connectivity index (χ1) is 12.5. The van der Waals surface area contributed by atoms with Crippen LogP contribution < -0.4 is 16.0 Å². The van der Waals surface area contributed by atoms with E-state index in [0.29, 0.717) is 25.0 Å². The van der Waals surface area contributed by atoms with Gasteiger partial charge in [-0.05, 0) is 56.7 Å². The molecule has 1 atom stereocenters. The lowest BCUT2D eigenvalue weighted by molar-refractivity contribution is -0.128. The zero-order chi connectivity index (χ0) is 18.5. The van der Waals surface area contributed by atoms with Crippen molar-refractivity contribution in [2.75, 3.05) is 17.7 Å². The van der Waals surface area contributed by atoms with E-state index in [4.69, 9.17) is 4.74 Å². The lowest BCUT2D eigenvalue weighted by Gasteiger charge is -2.30. The molecule has 26 heavy (non-hydrogen) atoms. The van der Waals surface area contributed by atoms with Gasteiger partial charge in [0.2, 0.25) is 11.8 Å². The predicted molar refractivity (Wildman–Crippen MR) is 105 cm³/mol. The van der Waals surface area contributed by atoms with Gasteiger partial charge >= 0.3 is 0 Å². The van der Waals surface area contributed by atoms with Crippen LogP contribution in [0.1, 0.15) is 44.9 Å². The smallest absolute Gasteiger partial charge is 0.247 e. The molecule has 3 rings (SSSR count). The van der Waals surface area contributed by atoms with Crippen LogP contribution in [0.15, 0.2) is 22.7 Å². The maximum atomic E-state index is 12.6. The summed E-state index contributed by atoms with van der Waals surface area (Å²) in [4.78, 5) is 24.1. The van der Waals surface area contributed by atoms with Crippen LogP contribution in [-0.4, -0.2) is 37.1 Å². The van der Waals surface area contributed by atoms with E-state index >= 15 is 0 Å². The van der Waals surface area contributed by atoms with Crippen LogP contribution in [0.3, 0.4) is 0 Å². The van der Waals surface area contributed by atoms with Gasteiger partial charge in [-0.3, -0.25) is 9.59 Å². The van der Waals surface area contributed by atoms with E-state index in [9.17, 15) is 9.59 Å². The maximum absolute atomic E-state index is 12.6. The van der Waals surface area contributed by atoms with Gasteiger partial charge in [0.25, 0.3) is 0 Å². The van der Waals surface area contributed by atoms with Gasteiger partial charge in [-0.2, -0.15) is 0 Å². The second-order valence-corrected chi connectivity index (χ2v) is 7.96. The van der Waals surface area contributed by atoms with Gasteiger partial charge in [-0.15, -0.1) is 0 Å². The number of amides is 2. The number of hydrogen-bond donors (Lipinski definition) is 3. The largest absolute Gasteiger partial charge is 0.381 e. The Labute approximate surface area is 162 Å². The lowest BCUT2D eigenvalue weighted by atomic mass is 9.92. The summed E-state index contributed by atoms with van der Waals surface area (Å²) in [5.74, 6) is -0.221. The molecule has 1 saturated heterocycles. The zero-order valence-corrected chi connectivity index (χ0v) is 16.6. The normalized spacial score (nSPS) is 26.1. The molecule has 1 aromatic carbocycles. The summed E-state index contributed by atoms with van der Waals surface area (Å²) in [6.07, 6.45) is 6.44. The Bertz CT molecular complexity index is 659. The van der Waals surface area contributed by atoms with E-state index in [-0.39, 0.29) is 11.8 Å². The Morgan fingerprint density at radius 3 is 2.65 bits per heavy atom. The fourth-order valence-electron chi connectivity index (χ4n) is 3.63. The van der Waals surface area contributed by atoms with Crippen molar-refractivity contribution in [3.63, 3.8) is 0 Å². The number of carbonyl (C=O) groups is 2. The molecule has 6 nitrogen and oxygen atoms in total. The summed E-state index contributed by atoms with van der Waals surface area (Å²) in [7, 11) is 1.77. The summed E-state index contributed by atoms with van der Waals surface area (Å²) in [6, 6.07) is 5.74. The molecule has 2 fully saturated rings. The van der Waals surface area contributed by atoms with Crippen LogP contribution in [0, 0.1) is 0 Å². The van der Waals surface area contributed by atoms with Crippen molar-refractivity contribution >= 4 is 39.1 Å². The number of carbonyl (C=O) groups excluding carboxylic acids is 2. The van der Waals surface area contributed by atoms with Gasteiger partial charge in [-0.1, -0.05) is 15.9 Å². The van der Waals surface area contributed by atoms with E-state index in [1.807, 2.05) is 18.2 Å². The standard InChI is InChI=1S/C19H26BrN3O3/c1-26-14-8-6-13(7-9-14)21-15-10-5-12(20)11-17(15)23-19(25)16-3-2-4-18(24)22-16/h5,10-11,13-14,16,21H,2-4,6-9H2,1H3,(H,22,24)(H,23,25)/t13?,14?,16-/m0/s1. The second-order valence-electron chi connectivity index (χ2n) is 7.05. The van der Waals surface area contributed by atoms with Crippen LogP contribution in [0.2, 0.25) is 0 Å². The molecule has 1 aliphatic heterocycles. The van der Waals surface area contributed by atoms with E-state index in [1.54, 1.807) is 7.11 Å². The van der Waals surface area contributed by atoms with E-state index in [1.165, 1.54) is 0 Å². The van der Waals surface area contributed by atoms with Gasteiger partial charge in [0.1, 0.15) is 6.04 Å². The number of ether oxygens (including phenoxy) is 1. The monoisotopic (exact) mass is 423 g/mol. The molecule has 2 aliphatic rings. The average molecular weight is 424 g/mol. The molecular formula is C19H26BrN3O3. The molecule has 7 heteroatoms. The topological polar surface area (TPSA) is 79.5 Å². The SMILES string of the molecule is COC1CCC(Nc2ccc(Br)cc2NC(=O)[C@@H]2CCCC(=O)N2)CC1. The quantitative estimate of drug-likeness (QED) is 0.677. The molecule has 0 aromatic heterocycles. The van der Waals surface area contributed by atoms with Crippen molar-refractivity contribution in [1.29, 1.82) is 0 Å². The van der Waals surface area contributed by atoms with Crippen LogP contribution in [0.5, 0.6) is 0 Å². The van der Waals surface area contributed by atoms with Gasteiger partial charge < -0.3 is 20.7 Å². The fraction of sp³-hybridized carbons (Fsp3) is 0.579. The molecule has 1 saturated carbocycles. The van der Waals surface area contributed by atoms with Crippen molar-refractivity contribution < 1.29 is 14.3 Å². The van der Waals surface area contributed by atoms with Gasteiger partial charge in [-0.25, -0.2) is 0 Å². The number of benzene rings is 1. The van der Waals surface area contributed by atoms with Crippen molar-refractivity contribution in [3.05, 3.63) is 22.7 Å². The summed E-state index contributed by atoms with van der Waals surface area (Å²) in [5, 5.41) is 9.31. The Morgan fingerprint density at radius 1 is 1.19 bits per heavy atom. The fourth-order valence-corrected chi connectivity index (χ4v) is 3.99. The number of piperidine rings is 1. The van der Waals surface area contributed by atoms with Gasteiger partial charge in [0.05, 0.1) is 17.5 Å². The maximum Gasteiger partial charge on any atom is 0.247 e. The van der Waals surface area contributed by atoms with E-state index in [2.05, 4.69) is 31.9 Å². The molecular weight excluding hydrogens is 398 g/mol. The molecule has 1 heterocycles. The van der Waals surface area contributed by atoms with Gasteiger partial charge in [0.15, 0.2) is 0 Å². The third-order valence-corrected chi connectivity index (χ3v) is 5.65. The summed E-state index contributed by atoms with van der Waals surface area (Å²) in [6.45, 7) is 0. The molecule has 2 amide bonds. The first-order valence-corrected chi connectivity index (χ1v) is 10.0. The summed E-state index contributed by atoms with van der Waals surface area (Å²) in [5.41, 5.74) is 1.64. The van der Waals surface area contributed by atoms with Crippen LogP contribution in [0.25, 0.3) is 0 Å². The number of hydrogen-bond acceptors (Lipinski definition) is 4. The highest BCUT2D eigenvalue weighted by molar-refractivity contribution is 9.10. The average Bonchev–Trinajstić information content (AvgIpc) is 2.64. The summed E-state index contributed by atoms with van der Waals surface area (Å²) < 4.78 is 6.33. The third kappa shape index (κ3) is 4.98. The minimum atomic E-state index is -0.458. The highest BCUT2D eigenvalue weighted by atomic mass is 79.9. The Balaban J connectivity index is 1.66. The number of rotatable bonds is 5. The molecule has 1 aromatic rings. The van der Waals surface area contributed by atoms with Crippen molar-refractivity contribution in [2.45, 2.75) is 63.1 Å². The first kappa shape index (κ1) is 19.2. The molecule has 0 spiro atoms. The minimum absolute atomic E-state index is 0.0566. The van der Waals surface area contributed by atoms with E-state index < -0.39 is 6.04 Å². The molecule has 0 unspecified atom stereocenters. The highest BCUT2D eigenvalue weighted by Gasteiger charge is 2.26. The molecule has 0 bridgehead atoms. The number of methoxy groups -OCH3 is 1. The first-order valence-electron chi connectivity index (χ1n) is 9.24. The van der Waals surface area contributed by atoms with Crippen LogP contribution in [0.4, 0.5) is 11.4 Å². The Hall–Kier alpha value is -1.60. The van der Waals surface area contributed by atoms with Crippen LogP contribution in [-0.2, 0) is 14.3 Å². The highest BCUT2D eigenvalue weighted by Crippen LogP contribution is 2.30. The van der Waals surface area contributed by atoms with Crippen molar-refractivity contribution in [1.82, 2.24) is 5.32 Å². The summed E-state index contributed by atoms with van der Waals surface area (Å²) >= 11 is 3.47. The van der Waals surface area contributed by atoms with E-state index in [0.717, 1.165) is 48.0 Å². The third-order valence-electron chi connectivity index (χ3n) is 5.15. The van der Waals surface area contributed by atoms with Crippen molar-refractivity contribution in [3.8, 4) is 0 Å². The minimum Gasteiger partial charge on any atom is -0.381 e. The number of nitrogens with one attached hydrogen (secondary N) is 3. The second kappa shape index (κ2) is 8.86. The Morgan fingerprint density at radius 2 is 1.96 bits per heavy atom. The molecule has 1 aliphatic carbocycles. The lowest BCUT2D eigenvalue weighted by Crippen LogP contribution is -2.46. The van der Waals surface area contributed by atoms with Crippen molar-refractivity contribution in [2.24, 2.45) is 0 Å². The molecule has 3 N–H and O–H groups in total.